The Labute approximate surface area is 116 Å². The Balaban J connectivity index is 2.16. The molecule has 0 aliphatic heterocycles. The number of hydrogen-bond donors (Lipinski definition) is 1. The van der Waals surface area contributed by atoms with Crippen molar-refractivity contribution in [3.63, 3.8) is 0 Å². The van der Waals surface area contributed by atoms with Crippen LogP contribution in [-0.2, 0) is 0 Å². The predicted molar refractivity (Wildman–Crippen MR) is 79.0 cm³/mol. The average Bonchev–Trinajstić information content (AvgIpc) is 2.39. The van der Waals surface area contributed by atoms with Crippen LogP contribution in [0.5, 0.6) is 0 Å². The summed E-state index contributed by atoms with van der Waals surface area (Å²) in [6, 6.07) is 6.05. The van der Waals surface area contributed by atoms with Gasteiger partial charge in [0.25, 0.3) is 0 Å². The van der Waals surface area contributed by atoms with E-state index < -0.39 is 0 Å². The third-order valence-electron chi connectivity index (χ3n) is 4.25. The van der Waals surface area contributed by atoms with Crippen LogP contribution in [0.4, 0.5) is 4.39 Å². The summed E-state index contributed by atoms with van der Waals surface area (Å²) in [4.78, 5) is 0. The number of halogens is 1. The fourth-order valence-electron chi connectivity index (χ4n) is 3.20. The molecule has 1 aliphatic carbocycles. The Bertz CT molecular complexity index is 414. The Hall–Kier alpha value is -0.890. The second-order valence-corrected chi connectivity index (χ2v) is 6.24. The molecule has 1 nitrogen and oxygen atoms in total. The Morgan fingerprint density at radius 1 is 1.26 bits per heavy atom. The highest BCUT2D eigenvalue weighted by Crippen LogP contribution is 2.38. The van der Waals surface area contributed by atoms with Crippen molar-refractivity contribution in [2.75, 3.05) is 6.54 Å². The number of aryl methyl sites for hydroxylation is 1. The van der Waals surface area contributed by atoms with Crippen LogP contribution in [0, 0.1) is 18.7 Å². The van der Waals surface area contributed by atoms with Gasteiger partial charge < -0.3 is 5.32 Å². The molecule has 0 spiro atoms. The van der Waals surface area contributed by atoms with Gasteiger partial charge in [-0.2, -0.15) is 0 Å². The van der Waals surface area contributed by atoms with Crippen molar-refractivity contribution >= 4 is 0 Å². The van der Waals surface area contributed by atoms with E-state index in [1.807, 2.05) is 19.1 Å². The summed E-state index contributed by atoms with van der Waals surface area (Å²) in [6.07, 6.45) is 4.87. The van der Waals surface area contributed by atoms with Crippen molar-refractivity contribution in [1.29, 1.82) is 0 Å². The summed E-state index contributed by atoms with van der Waals surface area (Å²) < 4.78 is 14.1. The van der Waals surface area contributed by atoms with Gasteiger partial charge in [-0.25, -0.2) is 4.39 Å². The van der Waals surface area contributed by atoms with Gasteiger partial charge in [0.1, 0.15) is 5.82 Å². The van der Waals surface area contributed by atoms with Crippen molar-refractivity contribution in [2.45, 2.75) is 58.4 Å². The lowest BCUT2D eigenvalue weighted by molar-refractivity contribution is 0.284. The summed E-state index contributed by atoms with van der Waals surface area (Å²) in [6.45, 7) is 7.40. The molecule has 0 amide bonds. The SMILES string of the molecule is Cc1ccc(F)c(C2CCCCC2CNC(C)C)c1. The van der Waals surface area contributed by atoms with Crippen LogP contribution in [0.1, 0.15) is 56.6 Å². The maximum atomic E-state index is 14.1. The summed E-state index contributed by atoms with van der Waals surface area (Å²) in [5.41, 5.74) is 2.10. The van der Waals surface area contributed by atoms with Crippen LogP contribution < -0.4 is 5.32 Å². The number of rotatable bonds is 4. The summed E-state index contributed by atoms with van der Waals surface area (Å²) >= 11 is 0. The molecule has 2 unspecified atom stereocenters. The van der Waals surface area contributed by atoms with Crippen molar-refractivity contribution in [1.82, 2.24) is 5.32 Å². The van der Waals surface area contributed by atoms with Crippen molar-refractivity contribution in [3.8, 4) is 0 Å². The van der Waals surface area contributed by atoms with Gasteiger partial charge in [0.2, 0.25) is 0 Å². The summed E-state index contributed by atoms with van der Waals surface area (Å²) in [7, 11) is 0. The number of hydrogen-bond acceptors (Lipinski definition) is 1. The minimum absolute atomic E-state index is 0.0213. The lowest BCUT2D eigenvalue weighted by Gasteiger charge is -2.33. The van der Waals surface area contributed by atoms with Crippen molar-refractivity contribution in [2.24, 2.45) is 5.92 Å². The molecule has 2 rings (SSSR count). The van der Waals surface area contributed by atoms with Crippen LogP contribution in [0.2, 0.25) is 0 Å². The first kappa shape index (κ1) is 14.5. The Morgan fingerprint density at radius 3 is 2.74 bits per heavy atom. The molecule has 1 aromatic carbocycles. The molecule has 2 atom stereocenters. The molecule has 106 valence electrons. The minimum atomic E-state index is -0.0213. The number of benzene rings is 1. The molecule has 0 radical (unpaired) electrons. The van der Waals surface area contributed by atoms with E-state index in [2.05, 4.69) is 19.2 Å². The highest BCUT2D eigenvalue weighted by molar-refractivity contribution is 5.28. The molecule has 1 fully saturated rings. The van der Waals surface area contributed by atoms with E-state index >= 15 is 0 Å². The lowest BCUT2D eigenvalue weighted by Crippen LogP contribution is -2.33. The maximum Gasteiger partial charge on any atom is 0.126 e. The van der Waals surface area contributed by atoms with Gasteiger partial charge in [0.05, 0.1) is 0 Å². The van der Waals surface area contributed by atoms with Gasteiger partial charge in [-0.1, -0.05) is 44.4 Å². The third kappa shape index (κ3) is 3.79. The van der Waals surface area contributed by atoms with E-state index in [0.717, 1.165) is 24.1 Å². The van der Waals surface area contributed by atoms with Crippen LogP contribution in [-0.4, -0.2) is 12.6 Å². The van der Waals surface area contributed by atoms with E-state index in [-0.39, 0.29) is 5.82 Å². The third-order valence-corrected chi connectivity index (χ3v) is 4.25. The predicted octanol–water partition coefficient (Wildman–Crippen LogP) is 4.41. The van der Waals surface area contributed by atoms with Gasteiger partial charge in [-0.15, -0.1) is 0 Å². The molecule has 0 heterocycles. The smallest absolute Gasteiger partial charge is 0.126 e. The quantitative estimate of drug-likeness (QED) is 0.848. The Morgan fingerprint density at radius 2 is 2.00 bits per heavy atom. The first-order valence-corrected chi connectivity index (χ1v) is 7.57. The van der Waals surface area contributed by atoms with E-state index in [1.165, 1.54) is 19.3 Å². The molecule has 1 aromatic rings. The zero-order valence-corrected chi connectivity index (χ0v) is 12.4. The molecule has 0 aromatic heterocycles. The van der Waals surface area contributed by atoms with Crippen LogP contribution in [0.15, 0.2) is 18.2 Å². The fraction of sp³-hybridized carbons (Fsp3) is 0.647. The second-order valence-electron chi connectivity index (χ2n) is 6.24. The fourth-order valence-corrected chi connectivity index (χ4v) is 3.20. The Kier molecular flexibility index (Phi) is 4.98. The normalized spacial score (nSPS) is 23.8. The van der Waals surface area contributed by atoms with Gasteiger partial charge in [-0.3, -0.25) is 0 Å². The molecule has 2 heteroatoms. The van der Waals surface area contributed by atoms with Crippen LogP contribution in [0.25, 0.3) is 0 Å². The first-order valence-electron chi connectivity index (χ1n) is 7.57. The molecule has 1 N–H and O–H groups in total. The first-order chi connectivity index (χ1) is 9.08. The average molecular weight is 263 g/mol. The topological polar surface area (TPSA) is 12.0 Å². The zero-order chi connectivity index (χ0) is 13.8. The number of nitrogens with one attached hydrogen (secondary N) is 1. The second kappa shape index (κ2) is 6.51. The van der Waals surface area contributed by atoms with Crippen LogP contribution >= 0.6 is 0 Å². The van der Waals surface area contributed by atoms with Gasteiger partial charge >= 0.3 is 0 Å². The van der Waals surface area contributed by atoms with Gasteiger partial charge in [0.15, 0.2) is 0 Å². The highest BCUT2D eigenvalue weighted by atomic mass is 19.1. The zero-order valence-electron chi connectivity index (χ0n) is 12.4. The van der Waals surface area contributed by atoms with E-state index in [1.54, 1.807) is 6.07 Å². The van der Waals surface area contributed by atoms with Crippen molar-refractivity contribution in [3.05, 3.63) is 35.1 Å². The van der Waals surface area contributed by atoms with Crippen LogP contribution in [0.3, 0.4) is 0 Å². The molecule has 0 saturated heterocycles. The monoisotopic (exact) mass is 263 g/mol. The standard InChI is InChI=1S/C17H26FN/c1-12(2)19-11-14-6-4-5-7-15(14)16-10-13(3)8-9-17(16)18/h8-10,12,14-15,19H,4-7,11H2,1-3H3. The summed E-state index contributed by atoms with van der Waals surface area (Å²) in [5.74, 6) is 0.944. The molecule has 1 aliphatic rings. The molecular formula is C17H26FN. The summed E-state index contributed by atoms with van der Waals surface area (Å²) in [5, 5.41) is 3.53. The van der Waals surface area contributed by atoms with E-state index in [9.17, 15) is 4.39 Å². The minimum Gasteiger partial charge on any atom is -0.314 e. The molecule has 19 heavy (non-hydrogen) atoms. The van der Waals surface area contributed by atoms with Gasteiger partial charge in [0, 0.05) is 6.04 Å². The lowest BCUT2D eigenvalue weighted by atomic mass is 9.75. The van der Waals surface area contributed by atoms with E-state index in [4.69, 9.17) is 0 Å². The molecular weight excluding hydrogens is 237 g/mol. The largest absolute Gasteiger partial charge is 0.314 e. The molecule has 1 saturated carbocycles. The van der Waals surface area contributed by atoms with Crippen molar-refractivity contribution < 1.29 is 4.39 Å². The highest BCUT2D eigenvalue weighted by Gasteiger charge is 2.28. The van der Waals surface area contributed by atoms with Gasteiger partial charge in [-0.05, 0) is 49.8 Å². The van der Waals surface area contributed by atoms with E-state index in [0.29, 0.717) is 17.9 Å². The molecule has 0 bridgehead atoms. The maximum absolute atomic E-state index is 14.1.